The molecule has 0 unspecified atom stereocenters. The summed E-state index contributed by atoms with van der Waals surface area (Å²) in [6, 6.07) is 6.49. The number of hydrogen-bond acceptors (Lipinski definition) is 4. The number of benzene rings is 1. The SMILES string of the molecule is Cc1cc(S(=O)(=O)N2CCS(=O)CC2)ccc1C#N. The van der Waals surface area contributed by atoms with Crippen molar-refractivity contribution in [3.05, 3.63) is 29.3 Å². The van der Waals surface area contributed by atoms with Gasteiger partial charge in [-0.25, -0.2) is 8.42 Å². The Morgan fingerprint density at radius 3 is 2.47 bits per heavy atom. The van der Waals surface area contributed by atoms with Gasteiger partial charge in [-0.1, -0.05) is 0 Å². The van der Waals surface area contributed by atoms with Crippen LogP contribution in [0.2, 0.25) is 0 Å². The molecule has 1 fully saturated rings. The summed E-state index contributed by atoms with van der Waals surface area (Å²) in [7, 11) is -4.45. The Morgan fingerprint density at radius 1 is 1.32 bits per heavy atom. The number of aryl methyl sites for hydroxylation is 1. The van der Waals surface area contributed by atoms with Crippen LogP contribution < -0.4 is 0 Å². The number of nitrogens with zero attached hydrogens (tertiary/aromatic N) is 2. The van der Waals surface area contributed by atoms with Gasteiger partial charge in [-0.15, -0.1) is 0 Å². The Labute approximate surface area is 115 Å². The number of sulfonamides is 1. The van der Waals surface area contributed by atoms with Crippen LogP contribution in [0.4, 0.5) is 0 Å². The number of rotatable bonds is 2. The number of nitriles is 1. The maximum atomic E-state index is 12.4. The molecule has 0 N–H and O–H groups in total. The molecule has 0 amide bonds. The Bertz CT molecular complexity index is 652. The highest BCUT2D eigenvalue weighted by Crippen LogP contribution is 2.20. The molecule has 0 aliphatic carbocycles. The summed E-state index contributed by atoms with van der Waals surface area (Å²) in [6.07, 6.45) is 0. The van der Waals surface area contributed by atoms with Crippen molar-refractivity contribution in [2.45, 2.75) is 11.8 Å². The molecule has 1 aliphatic rings. The van der Waals surface area contributed by atoms with E-state index in [1.165, 1.54) is 22.5 Å². The third-order valence-electron chi connectivity index (χ3n) is 3.09. The standard InChI is InChI=1S/C12H14N2O3S2/c1-10-8-12(3-2-11(10)9-13)19(16,17)14-4-6-18(15)7-5-14/h2-3,8H,4-7H2,1H3. The first-order chi connectivity index (χ1) is 8.95. The molecule has 0 saturated carbocycles. The maximum absolute atomic E-state index is 12.4. The van der Waals surface area contributed by atoms with Gasteiger partial charge in [0, 0.05) is 35.4 Å². The van der Waals surface area contributed by atoms with Crippen LogP contribution in [-0.2, 0) is 20.8 Å². The highest BCUT2D eigenvalue weighted by Gasteiger charge is 2.28. The molecule has 0 aromatic heterocycles. The summed E-state index contributed by atoms with van der Waals surface area (Å²) in [5.74, 6) is 0.767. The molecule has 5 nitrogen and oxygen atoms in total. The van der Waals surface area contributed by atoms with Crippen molar-refractivity contribution in [2.24, 2.45) is 0 Å². The fourth-order valence-corrected chi connectivity index (χ4v) is 4.74. The van der Waals surface area contributed by atoms with E-state index >= 15 is 0 Å². The van der Waals surface area contributed by atoms with E-state index in [1.807, 2.05) is 6.07 Å². The van der Waals surface area contributed by atoms with Gasteiger partial charge in [0.05, 0.1) is 16.5 Å². The molecular weight excluding hydrogens is 284 g/mol. The van der Waals surface area contributed by atoms with Gasteiger partial charge >= 0.3 is 0 Å². The lowest BCUT2D eigenvalue weighted by Gasteiger charge is -2.25. The second kappa shape index (κ2) is 5.41. The normalized spacial score (nSPS) is 18.1. The number of hydrogen-bond donors (Lipinski definition) is 0. The molecule has 0 bridgehead atoms. The quantitative estimate of drug-likeness (QED) is 0.802. The molecule has 19 heavy (non-hydrogen) atoms. The lowest BCUT2D eigenvalue weighted by atomic mass is 10.1. The van der Waals surface area contributed by atoms with Crippen molar-refractivity contribution in [3.63, 3.8) is 0 Å². The van der Waals surface area contributed by atoms with E-state index in [2.05, 4.69) is 0 Å². The molecule has 1 aromatic carbocycles. The predicted octanol–water partition coefficient (Wildman–Crippen LogP) is 0.620. The van der Waals surface area contributed by atoms with Gasteiger partial charge in [0.1, 0.15) is 0 Å². The molecule has 0 atom stereocenters. The fraction of sp³-hybridized carbons (Fsp3) is 0.417. The lowest BCUT2D eigenvalue weighted by Crippen LogP contribution is -2.41. The summed E-state index contributed by atoms with van der Waals surface area (Å²) in [5, 5.41) is 8.85. The van der Waals surface area contributed by atoms with Gasteiger partial charge in [0.2, 0.25) is 10.0 Å². The molecule has 1 heterocycles. The third kappa shape index (κ3) is 2.86. The fourth-order valence-electron chi connectivity index (χ4n) is 1.93. The molecule has 0 radical (unpaired) electrons. The van der Waals surface area contributed by atoms with Crippen molar-refractivity contribution in [1.29, 1.82) is 5.26 Å². The van der Waals surface area contributed by atoms with E-state index in [-0.39, 0.29) is 18.0 Å². The van der Waals surface area contributed by atoms with Crippen LogP contribution in [0, 0.1) is 18.3 Å². The second-order valence-corrected chi connectivity index (χ2v) is 7.97. The third-order valence-corrected chi connectivity index (χ3v) is 6.26. The predicted molar refractivity (Wildman–Crippen MR) is 72.5 cm³/mol. The summed E-state index contributed by atoms with van der Waals surface area (Å²) in [5.41, 5.74) is 1.11. The van der Waals surface area contributed by atoms with E-state index in [0.717, 1.165) is 0 Å². The minimum atomic E-state index is -3.54. The first kappa shape index (κ1) is 14.2. The zero-order chi connectivity index (χ0) is 14.0. The topological polar surface area (TPSA) is 78.2 Å². The molecular formula is C12H14N2O3S2. The van der Waals surface area contributed by atoms with E-state index < -0.39 is 20.8 Å². The van der Waals surface area contributed by atoms with E-state index in [0.29, 0.717) is 22.6 Å². The van der Waals surface area contributed by atoms with Crippen molar-refractivity contribution in [1.82, 2.24) is 4.31 Å². The van der Waals surface area contributed by atoms with Gasteiger partial charge in [-0.3, -0.25) is 4.21 Å². The van der Waals surface area contributed by atoms with Crippen molar-refractivity contribution in [3.8, 4) is 6.07 Å². The van der Waals surface area contributed by atoms with Crippen LogP contribution in [0.1, 0.15) is 11.1 Å². The molecule has 2 rings (SSSR count). The zero-order valence-corrected chi connectivity index (χ0v) is 12.1. The van der Waals surface area contributed by atoms with Gasteiger partial charge in [0.25, 0.3) is 0 Å². The molecule has 1 saturated heterocycles. The van der Waals surface area contributed by atoms with Crippen LogP contribution >= 0.6 is 0 Å². The van der Waals surface area contributed by atoms with Crippen LogP contribution in [0.15, 0.2) is 23.1 Å². The van der Waals surface area contributed by atoms with Gasteiger partial charge in [-0.2, -0.15) is 9.57 Å². The summed E-state index contributed by atoms with van der Waals surface area (Å²) < 4.78 is 37.4. The van der Waals surface area contributed by atoms with Crippen LogP contribution in [-0.4, -0.2) is 41.5 Å². The van der Waals surface area contributed by atoms with E-state index in [4.69, 9.17) is 5.26 Å². The average Bonchev–Trinajstić information content (AvgIpc) is 2.39. The van der Waals surface area contributed by atoms with Crippen molar-refractivity contribution in [2.75, 3.05) is 24.6 Å². The first-order valence-corrected chi connectivity index (χ1v) is 8.74. The Morgan fingerprint density at radius 2 is 1.95 bits per heavy atom. The Balaban J connectivity index is 2.32. The maximum Gasteiger partial charge on any atom is 0.243 e. The minimum absolute atomic E-state index is 0.191. The Kier molecular flexibility index (Phi) is 4.04. The molecule has 1 aliphatic heterocycles. The molecule has 7 heteroatoms. The monoisotopic (exact) mass is 298 g/mol. The van der Waals surface area contributed by atoms with Crippen LogP contribution in [0.5, 0.6) is 0 Å². The average molecular weight is 298 g/mol. The van der Waals surface area contributed by atoms with Gasteiger partial charge in [0.15, 0.2) is 0 Å². The highest BCUT2D eigenvalue weighted by molar-refractivity contribution is 7.89. The first-order valence-electron chi connectivity index (χ1n) is 5.81. The summed E-state index contributed by atoms with van der Waals surface area (Å²) in [4.78, 5) is 0.191. The summed E-state index contributed by atoms with van der Waals surface area (Å²) in [6.45, 7) is 2.28. The smallest absolute Gasteiger partial charge is 0.243 e. The second-order valence-electron chi connectivity index (χ2n) is 4.34. The van der Waals surface area contributed by atoms with Crippen molar-refractivity contribution < 1.29 is 12.6 Å². The van der Waals surface area contributed by atoms with E-state index in [1.54, 1.807) is 6.92 Å². The molecule has 0 spiro atoms. The zero-order valence-electron chi connectivity index (χ0n) is 10.5. The lowest BCUT2D eigenvalue weighted by molar-refractivity contribution is 0.438. The highest BCUT2D eigenvalue weighted by atomic mass is 32.2. The Hall–Kier alpha value is -1.23. The summed E-state index contributed by atoms with van der Waals surface area (Å²) >= 11 is 0. The van der Waals surface area contributed by atoms with Gasteiger partial charge in [-0.05, 0) is 30.7 Å². The minimum Gasteiger partial charge on any atom is -0.259 e. The van der Waals surface area contributed by atoms with Crippen molar-refractivity contribution >= 4 is 20.8 Å². The molecule has 102 valence electrons. The largest absolute Gasteiger partial charge is 0.259 e. The van der Waals surface area contributed by atoms with Crippen LogP contribution in [0.3, 0.4) is 0 Å². The van der Waals surface area contributed by atoms with Gasteiger partial charge < -0.3 is 0 Å². The van der Waals surface area contributed by atoms with Crippen LogP contribution in [0.25, 0.3) is 0 Å². The van der Waals surface area contributed by atoms with E-state index in [9.17, 15) is 12.6 Å². The molecule has 1 aromatic rings.